The number of aromatic nitrogens is 3. The molecule has 0 bridgehead atoms. The standard InChI is InChI=1S/C22H19N3/c1-2-6-16(7-3-1)19-13-12-18(14-23-19)22(17-10-11-17)25-15-24-20-8-4-5-9-21(20)25/h1-9,12-15,17,22H,10-11H2. The van der Waals surface area contributed by atoms with E-state index in [1.807, 2.05) is 24.7 Å². The third-order valence-corrected chi connectivity index (χ3v) is 5.05. The van der Waals surface area contributed by atoms with Crippen molar-refractivity contribution in [2.45, 2.75) is 18.9 Å². The average molecular weight is 325 g/mol. The molecule has 1 atom stereocenters. The molecule has 0 amide bonds. The van der Waals surface area contributed by atoms with Crippen LogP contribution in [-0.2, 0) is 0 Å². The van der Waals surface area contributed by atoms with Crippen LogP contribution in [0.5, 0.6) is 0 Å². The molecule has 25 heavy (non-hydrogen) atoms. The van der Waals surface area contributed by atoms with Crippen molar-refractivity contribution in [3.05, 3.63) is 84.8 Å². The van der Waals surface area contributed by atoms with Gasteiger partial charge in [-0.2, -0.15) is 0 Å². The summed E-state index contributed by atoms with van der Waals surface area (Å²) in [5.74, 6) is 0.682. The van der Waals surface area contributed by atoms with Crippen LogP contribution in [0.15, 0.2) is 79.3 Å². The van der Waals surface area contributed by atoms with Gasteiger partial charge in [0, 0.05) is 11.8 Å². The van der Waals surface area contributed by atoms with E-state index >= 15 is 0 Å². The Morgan fingerprint density at radius 1 is 0.840 bits per heavy atom. The van der Waals surface area contributed by atoms with E-state index in [0.29, 0.717) is 12.0 Å². The second-order valence-electron chi connectivity index (χ2n) is 6.77. The summed E-state index contributed by atoms with van der Waals surface area (Å²) in [4.78, 5) is 9.32. The van der Waals surface area contributed by atoms with Gasteiger partial charge in [0.1, 0.15) is 0 Å². The number of benzene rings is 2. The van der Waals surface area contributed by atoms with Gasteiger partial charge >= 0.3 is 0 Å². The van der Waals surface area contributed by atoms with Crippen molar-refractivity contribution in [1.82, 2.24) is 14.5 Å². The van der Waals surface area contributed by atoms with Gasteiger partial charge in [-0.15, -0.1) is 0 Å². The molecular weight excluding hydrogens is 306 g/mol. The van der Waals surface area contributed by atoms with Gasteiger partial charge < -0.3 is 4.57 Å². The van der Waals surface area contributed by atoms with Crippen molar-refractivity contribution >= 4 is 11.0 Å². The monoisotopic (exact) mass is 325 g/mol. The van der Waals surface area contributed by atoms with Gasteiger partial charge in [-0.1, -0.05) is 48.5 Å². The highest BCUT2D eigenvalue weighted by Gasteiger charge is 2.34. The molecule has 5 rings (SSSR count). The smallest absolute Gasteiger partial charge is 0.0964 e. The minimum Gasteiger partial charge on any atom is -0.323 e. The summed E-state index contributed by atoms with van der Waals surface area (Å²) in [5, 5.41) is 0. The molecule has 1 unspecified atom stereocenters. The van der Waals surface area contributed by atoms with E-state index < -0.39 is 0 Å². The quantitative estimate of drug-likeness (QED) is 0.523. The maximum absolute atomic E-state index is 4.74. The summed E-state index contributed by atoms with van der Waals surface area (Å²) in [5.41, 5.74) is 5.71. The first-order valence-electron chi connectivity index (χ1n) is 8.83. The van der Waals surface area contributed by atoms with Crippen molar-refractivity contribution in [1.29, 1.82) is 0 Å². The number of fused-ring (bicyclic) bond motifs is 1. The predicted octanol–water partition coefficient (Wildman–Crippen LogP) is 5.10. The molecular formula is C22H19N3. The van der Waals surface area contributed by atoms with Crippen molar-refractivity contribution in [2.75, 3.05) is 0 Å². The van der Waals surface area contributed by atoms with Gasteiger partial charge in [0.05, 0.1) is 29.1 Å². The van der Waals surface area contributed by atoms with Gasteiger partial charge in [-0.3, -0.25) is 4.98 Å². The maximum Gasteiger partial charge on any atom is 0.0964 e. The first-order valence-corrected chi connectivity index (χ1v) is 8.83. The minimum absolute atomic E-state index is 0.324. The van der Waals surface area contributed by atoms with E-state index in [1.54, 1.807) is 0 Å². The van der Waals surface area contributed by atoms with E-state index in [4.69, 9.17) is 4.98 Å². The Bertz CT molecular complexity index is 998. The summed E-state index contributed by atoms with van der Waals surface area (Å²) in [6.45, 7) is 0. The lowest BCUT2D eigenvalue weighted by Crippen LogP contribution is -2.12. The highest BCUT2D eigenvalue weighted by molar-refractivity contribution is 5.75. The molecule has 0 spiro atoms. The minimum atomic E-state index is 0.324. The van der Waals surface area contributed by atoms with Crippen molar-refractivity contribution < 1.29 is 0 Å². The Labute approximate surface area is 147 Å². The first kappa shape index (κ1) is 14.4. The fourth-order valence-electron chi connectivity index (χ4n) is 3.63. The van der Waals surface area contributed by atoms with Crippen LogP contribution >= 0.6 is 0 Å². The van der Waals surface area contributed by atoms with E-state index in [-0.39, 0.29) is 0 Å². The molecule has 2 heterocycles. The fraction of sp³-hybridized carbons (Fsp3) is 0.182. The summed E-state index contributed by atoms with van der Waals surface area (Å²) < 4.78 is 2.33. The molecule has 3 heteroatoms. The number of para-hydroxylation sites is 2. The number of hydrogen-bond donors (Lipinski definition) is 0. The van der Waals surface area contributed by atoms with Crippen LogP contribution in [0.1, 0.15) is 24.4 Å². The molecule has 1 aliphatic rings. The Balaban J connectivity index is 1.55. The third kappa shape index (κ3) is 2.62. The summed E-state index contributed by atoms with van der Waals surface area (Å²) in [6.07, 6.45) is 6.58. The lowest BCUT2D eigenvalue weighted by atomic mass is 10.0. The van der Waals surface area contributed by atoms with Crippen LogP contribution in [-0.4, -0.2) is 14.5 Å². The van der Waals surface area contributed by atoms with Crippen LogP contribution < -0.4 is 0 Å². The molecule has 4 aromatic rings. The number of imidazole rings is 1. The normalized spacial score (nSPS) is 15.4. The molecule has 0 saturated heterocycles. The van der Waals surface area contributed by atoms with E-state index in [9.17, 15) is 0 Å². The predicted molar refractivity (Wildman–Crippen MR) is 100 cm³/mol. The molecule has 122 valence electrons. The SMILES string of the molecule is c1ccc(-c2ccc(C(C3CC3)n3cnc4ccccc43)cn2)cc1. The summed E-state index contributed by atoms with van der Waals surface area (Å²) in [6, 6.07) is 23.4. The third-order valence-electron chi connectivity index (χ3n) is 5.05. The topological polar surface area (TPSA) is 30.7 Å². The second-order valence-corrected chi connectivity index (χ2v) is 6.77. The number of pyridine rings is 1. The lowest BCUT2D eigenvalue weighted by Gasteiger charge is -2.19. The summed E-state index contributed by atoms with van der Waals surface area (Å²) in [7, 11) is 0. The van der Waals surface area contributed by atoms with Gasteiger partial charge in [0.15, 0.2) is 0 Å². The highest BCUT2D eigenvalue weighted by Crippen LogP contribution is 2.44. The number of rotatable bonds is 4. The Kier molecular flexibility index (Phi) is 3.37. The molecule has 2 aromatic heterocycles. The van der Waals surface area contributed by atoms with Crippen molar-refractivity contribution in [3.8, 4) is 11.3 Å². The fourth-order valence-corrected chi connectivity index (χ4v) is 3.63. The van der Waals surface area contributed by atoms with E-state index in [0.717, 1.165) is 16.8 Å². The van der Waals surface area contributed by atoms with Crippen LogP contribution in [0.2, 0.25) is 0 Å². The molecule has 2 aromatic carbocycles. The highest BCUT2D eigenvalue weighted by atomic mass is 15.1. The van der Waals surface area contributed by atoms with Crippen molar-refractivity contribution in [3.63, 3.8) is 0 Å². The largest absolute Gasteiger partial charge is 0.323 e. The van der Waals surface area contributed by atoms with Crippen LogP contribution in [0, 0.1) is 5.92 Å². The first-order chi connectivity index (χ1) is 12.4. The van der Waals surface area contributed by atoms with E-state index in [1.165, 1.54) is 23.9 Å². The molecule has 1 aliphatic carbocycles. The zero-order chi connectivity index (χ0) is 16.6. The Morgan fingerprint density at radius 3 is 2.40 bits per heavy atom. The molecule has 0 N–H and O–H groups in total. The maximum atomic E-state index is 4.74. The molecule has 1 fully saturated rings. The van der Waals surface area contributed by atoms with Gasteiger partial charge in [0.25, 0.3) is 0 Å². The lowest BCUT2D eigenvalue weighted by molar-refractivity contribution is 0.531. The van der Waals surface area contributed by atoms with Gasteiger partial charge in [-0.25, -0.2) is 4.98 Å². The molecule has 0 radical (unpaired) electrons. The Hall–Kier alpha value is -2.94. The van der Waals surface area contributed by atoms with Crippen molar-refractivity contribution in [2.24, 2.45) is 5.92 Å². The van der Waals surface area contributed by atoms with Gasteiger partial charge in [0.2, 0.25) is 0 Å². The van der Waals surface area contributed by atoms with Crippen LogP contribution in [0.3, 0.4) is 0 Å². The van der Waals surface area contributed by atoms with Crippen LogP contribution in [0.25, 0.3) is 22.3 Å². The zero-order valence-corrected chi connectivity index (χ0v) is 13.9. The second kappa shape index (κ2) is 5.85. The average Bonchev–Trinajstić information content (AvgIpc) is 3.43. The zero-order valence-electron chi connectivity index (χ0n) is 13.9. The molecule has 1 saturated carbocycles. The number of nitrogens with zero attached hydrogens (tertiary/aromatic N) is 3. The molecule has 3 nitrogen and oxygen atoms in total. The van der Waals surface area contributed by atoms with Crippen LogP contribution in [0.4, 0.5) is 0 Å². The number of hydrogen-bond acceptors (Lipinski definition) is 2. The molecule has 0 aliphatic heterocycles. The summed E-state index contributed by atoms with van der Waals surface area (Å²) >= 11 is 0. The van der Waals surface area contributed by atoms with Gasteiger partial charge in [-0.05, 0) is 42.5 Å². The Morgan fingerprint density at radius 2 is 1.64 bits per heavy atom. The van der Waals surface area contributed by atoms with E-state index in [2.05, 4.69) is 64.1 Å².